The smallest absolute Gasteiger partial charge is 0.238 e. The Bertz CT molecular complexity index is 560. The molecule has 5 heteroatoms. The molecule has 0 saturated heterocycles. The number of halogens is 1. The third-order valence-electron chi connectivity index (χ3n) is 2.57. The van der Waals surface area contributed by atoms with Crippen LogP contribution in [0.15, 0.2) is 34.9 Å². The fraction of sp³-hybridized carbons (Fsp3) is 0.286. The molecule has 1 aromatic carbocycles. The molecule has 0 amide bonds. The molecule has 0 atom stereocenters. The molecule has 0 spiro atoms. The first kappa shape index (κ1) is 13.8. The first-order valence-electron chi connectivity index (χ1n) is 6.26. The Hall–Kier alpha value is -1.62. The summed E-state index contributed by atoms with van der Waals surface area (Å²) in [5.41, 5.74) is 1.23. The SMILES string of the molecule is CCNc1ncc(Br)c(Oc2cccc(CC)c2)n1. The fourth-order valence-electron chi connectivity index (χ4n) is 1.61. The van der Waals surface area contributed by atoms with Gasteiger partial charge in [-0.05, 0) is 47.0 Å². The summed E-state index contributed by atoms with van der Waals surface area (Å²) in [4.78, 5) is 8.48. The second-order valence-corrected chi connectivity index (χ2v) is 4.83. The largest absolute Gasteiger partial charge is 0.438 e. The van der Waals surface area contributed by atoms with Gasteiger partial charge in [0.05, 0.1) is 10.7 Å². The average molecular weight is 322 g/mol. The van der Waals surface area contributed by atoms with Crippen molar-refractivity contribution in [1.29, 1.82) is 0 Å². The maximum absolute atomic E-state index is 5.80. The molecule has 1 N–H and O–H groups in total. The average Bonchev–Trinajstić information content (AvgIpc) is 2.43. The van der Waals surface area contributed by atoms with Crippen LogP contribution in [0, 0.1) is 0 Å². The molecule has 1 heterocycles. The van der Waals surface area contributed by atoms with Crippen LogP contribution in [0.1, 0.15) is 19.4 Å². The Morgan fingerprint density at radius 2 is 2.16 bits per heavy atom. The lowest BCUT2D eigenvalue weighted by molar-refractivity contribution is 0.458. The van der Waals surface area contributed by atoms with Gasteiger partial charge in [-0.3, -0.25) is 0 Å². The van der Waals surface area contributed by atoms with Crippen LogP contribution in [0.3, 0.4) is 0 Å². The third kappa shape index (κ3) is 3.67. The van der Waals surface area contributed by atoms with Crippen LogP contribution < -0.4 is 10.1 Å². The van der Waals surface area contributed by atoms with Crippen LogP contribution in [-0.2, 0) is 6.42 Å². The predicted molar refractivity (Wildman–Crippen MR) is 79.8 cm³/mol. The monoisotopic (exact) mass is 321 g/mol. The van der Waals surface area contributed by atoms with E-state index in [0.29, 0.717) is 11.8 Å². The van der Waals surface area contributed by atoms with Gasteiger partial charge in [0, 0.05) is 6.54 Å². The Labute approximate surface area is 121 Å². The maximum Gasteiger partial charge on any atom is 0.238 e. The molecular formula is C14H16BrN3O. The Morgan fingerprint density at radius 1 is 1.32 bits per heavy atom. The molecule has 1 aromatic heterocycles. The molecule has 2 rings (SSSR count). The summed E-state index contributed by atoms with van der Waals surface area (Å²) in [6.07, 6.45) is 2.66. The fourth-order valence-corrected chi connectivity index (χ4v) is 1.88. The number of benzene rings is 1. The summed E-state index contributed by atoms with van der Waals surface area (Å²) in [5.74, 6) is 1.85. The highest BCUT2D eigenvalue weighted by molar-refractivity contribution is 9.10. The molecule has 0 aliphatic heterocycles. The number of aryl methyl sites for hydroxylation is 1. The highest BCUT2D eigenvalue weighted by Crippen LogP contribution is 2.28. The van der Waals surface area contributed by atoms with Crippen molar-refractivity contribution in [2.45, 2.75) is 20.3 Å². The zero-order chi connectivity index (χ0) is 13.7. The molecule has 0 unspecified atom stereocenters. The van der Waals surface area contributed by atoms with E-state index in [4.69, 9.17) is 4.74 Å². The van der Waals surface area contributed by atoms with Crippen molar-refractivity contribution >= 4 is 21.9 Å². The number of aromatic nitrogens is 2. The first-order valence-corrected chi connectivity index (χ1v) is 7.05. The molecule has 0 fully saturated rings. The van der Waals surface area contributed by atoms with E-state index < -0.39 is 0 Å². The van der Waals surface area contributed by atoms with Crippen LogP contribution in [0.4, 0.5) is 5.95 Å². The van der Waals surface area contributed by atoms with Crippen LogP contribution in [0.5, 0.6) is 11.6 Å². The second-order valence-electron chi connectivity index (χ2n) is 3.98. The van der Waals surface area contributed by atoms with Gasteiger partial charge in [0.25, 0.3) is 0 Å². The molecule has 0 aliphatic carbocycles. The number of nitrogens with zero attached hydrogens (tertiary/aromatic N) is 2. The molecule has 4 nitrogen and oxygen atoms in total. The molecular weight excluding hydrogens is 306 g/mol. The van der Waals surface area contributed by atoms with E-state index >= 15 is 0 Å². The van der Waals surface area contributed by atoms with Crippen LogP contribution in [0.2, 0.25) is 0 Å². The van der Waals surface area contributed by atoms with Crippen LogP contribution in [-0.4, -0.2) is 16.5 Å². The molecule has 2 aromatic rings. The van der Waals surface area contributed by atoms with E-state index in [1.807, 2.05) is 25.1 Å². The standard InChI is InChI=1S/C14H16BrN3O/c1-3-10-6-5-7-11(8-10)19-13-12(15)9-17-14(18-13)16-4-2/h5-9H,3-4H2,1-2H3,(H,16,17,18). The van der Waals surface area contributed by atoms with Gasteiger partial charge < -0.3 is 10.1 Å². The summed E-state index contributed by atoms with van der Waals surface area (Å²) < 4.78 is 6.53. The Balaban J connectivity index is 2.23. The molecule has 100 valence electrons. The Morgan fingerprint density at radius 3 is 2.89 bits per heavy atom. The van der Waals surface area contributed by atoms with E-state index in [1.54, 1.807) is 6.20 Å². The van der Waals surface area contributed by atoms with Crippen LogP contribution >= 0.6 is 15.9 Å². The van der Waals surface area contributed by atoms with E-state index in [2.05, 4.69) is 44.2 Å². The number of hydrogen-bond acceptors (Lipinski definition) is 4. The van der Waals surface area contributed by atoms with Crippen molar-refractivity contribution in [3.05, 3.63) is 40.5 Å². The summed E-state index contributed by atoms with van der Waals surface area (Å²) in [5, 5.41) is 3.06. The normalized spacial score (nSPS) is 10.3. The van der Waals surface area contributed by atoms with Gasteiger partial charge in [0.1, 0.15) is 5.75 Å². The third-order valence-corrected chi connectivity index (χ3v) is 3.11. The molecule has 0 radical (unpaired) electrons. The quantitative estimate of drug-likeness (QED) is 0.903. The lowest BCUT2D eigenvalue weighted by Gasteiger charge is -2.09. The number of nitrogens with one attached hydrogen (secondary N) is 1. The van der Waals surface area contributed by atoms with Crippen molar-refractivity contribution in [1.82, 2.24) is 9.97 Å². The topological polar surface area (TPSA) is 47.0 Å². The predicted octanol–water partition coefficient (Wildman–Crippen LogP) is 4.03. The van der Waals surface area contributed by atoms with Crippen molar-refractivity contribution in [2.75, 3.05) is 11.9 Å². The van der Waals surface area contributed by atoms with Gasteiger partial charge in [0.15, 0.2) is 0 Å². The van der Waals surface area contributed by atoms with E-state index in [-0.39, 0.29) is 0 Å². The minimum absolute atomic E-state index is 0.513. The zero-order valence-corrected chi connectivity index (χ0v) is 12.6. The highest BCUT2D eigenvalue weighted by atomic mass is 79.9. The van der Waals surface area contributed by atoms with Crippen molar-refractivity contribution in [3.8, 4) is 11.6 Å². The van der Waals surface area contributed by atoms with Gasteiger partial charge in [-0.15, -0.1) is 0 Å². The van der Waals surface area contributed by atoms with Crippen molar-refractivity contribution < 1.29 is 4.74 Å². The Kier molecular flexibility index (Phi) is 4.74. The van der Waals surface area contributed by atoms with Crippen molar-refractivity contribution in [2.24, 2.45) is 0 Å². The summed E-state index contributed by atoms with van der Waals surface area (Å²) in [7, 11) is 0. The summed E-state index contributed by atoms with van der Waals surface area (Å²) in [6.45, 7) is 4.88. The van der Waals surface area contributed by atoms with Gasteiger partial charge >= 0.3 is 0 Å². The molecule has 0 aliphatic rings. The number of hydrogen-bond donors (Lipinski definition) is 1. The lowest BCUT2D eigenvalue weighted by atomic mass is 10.2. The second kappa shape index (κ2) is 6.52. The minimum atomic E-state index is 0.513. The minimum Gasteiger partial charge on any atom is -0.438 e. The lowest BCUT2D eigenvalue weighted by Crippen LogP contribution is -2.03. The van der Waals surface area contributed by atoms with Crippen molar-refractivity contribution in [3.63, 3.8) is 0 Å². The molecule has 19 heavy (non-hydrogen) atoms. The van der Waals surface area contributed by atoms with Crippen LogP contribution in [0.25, 0.3) is 0 Å². The summed E-state index contributed by atoms with van der Waals surface area (Å²) in [6, 6.07) is 7.99. The van der Waals surface area contributed by atoms with Gasteiger partial charge in [-0.1, -0.05) is 19.1 Å². The zero-order valence-electron chi connectivity index (χ0n) is 11.0. The molecule has 0 saturated carbocycles. The van der Waals surface area contributed by atoms with E-state index in [1.165, 1.54) is 5.56 Å². The first-order chi connectivity index (χ1) is 9.22. The molecule has 0 bridgehead atoms. The number of rotatable bonds is 5. The van der Waals surface area contributed by atoms with Gasteiger partial charge in [0.2, 0.25) is 11.8 Å². The number of ether oxygens (including phenoxy) is 1. The van der Waals surface area contributed by atoms with E-state index in [0.717, 1.165) is 23.2 Å². The highest BCUT2D eigenvalue weighted by Gasteiger charge is 2.07. The van der Waals surface area contributed by atoms with Gasteiger partial charge in [-0.25, -0.2) is 4.98 Å². The number of anilines is 1. The van der Waals surface area contributed by atoms with Gasteiger partial charge in [-0.2, -0.15) is 4.98 Å². The van der Waals surface area contributed by atoms with E-state index in [9.17, 15) is 0 Å². The maximum atomic E-state index is 5.80. The summed E-state index contributed by atoms with van der Waals surface area (Å²) >= 11 is 3.40.